The molecule has 32 heavy (non-hydrogen) atoms. The number of benzene rings is 1. The van der Waals surface area contributed by atoms with Gasteiger partial charge in [0.25, 0.3) is 5.91 Å². The summed E-state index contributed by atoms with van der Waals surface area (Å²) in [6.45, 7) is 0.405. The number of pyridine rings is 1. The normalized spacial score (nSPS) is 22.5. The first-order valence-electron chi connectivity index (χ1n) is 11.3. The van der Waals surface area contributed by atoms with Crippen molar-refractivity contribution in [3.05, 3.63) is 59.3 Å². The zero-order valence-corrected chi connectivity index (χ0v) is 18.8. The van der Waals surface area contributed by atoms with Crippen LogP contribution in [0, 0.1) is 11.8 Å². The van der Waals surface area contributed by atoms with Crippen molar-refractivity contribution in [3.63, 3.8) is 0 Å². The van der Waals surface area contributed by atoms with Crippen molar-refractivity contribution in [3.8, 4) is 11.8 Å². The zero-order chi connectivity index (χ0) is 22.6. The number of methoxy groups -OCH3 is 2. The highest BCUT2D eigenvalue weighted by molar-refractivity contribution is 5.99. The molecule has 1 aliphatic carbocycles. The Balaban J connectivity index is 1.67. The Bertz CT molecular complexity index is 1010. The molecule has 1 aliphatic heterocycles. The number of hydrogen-bond donors (Lipinski definition) is 1. The molecule has 168 valence electrons. The second-order valence-electron chi connectivity index (χ2n) is 8.67. The monoisotopic (exact) mass is 433 g/mol. The van der Waals surface area contributed by atoms with Gasteiger partial charge < -0.3 is 15.2 Å². The highest BCUT2D eigenvalue weighted by Gasteiger charge is 2.42. The molecule has 1 saturated heterocycles. The minimum Gasteiger partial charge on any atom is -0.376 e. The van der Waals surface area contributed by atoms with Crippen molar-refractivity contribution >= 4 is 11.7 Å². The van der Waals surface area contributed by atoms with Gasteiger partial charge in [0.05, 0.1) is 17.8 Å². The first kappa shape index (κ1) is 22.5. The Morgan fingerprint density at radius 1 is 1.09 bits per heavy atom. The van der Waals surface area contributed by atoms with E-state index in [1.54, 1.807) is 12.0 Å². The minimum atomic E-state index is -0.623. The van der Waals surface area contributed by atoms with Crippen LogP contribution < -0.4 is 10.6 Å². The number of nitrogens with two attached hydrogens (primary N) is 1. The lowest BCUT2D eigenvalue weighted by molar-refractivity contribution is -0.129. The fourth-order valence-electron chi connectivity index (χ4n) is 4.51. The molecule has 1 aromatic heterocycles. The molecule has 6 heteroatoms. The molecular formula is C26H31N3O3. The SMILES string of the molecule is COC1CN(c2ccc(C#CC3(N)CCCCC3)c(Cc3ccccc3)n2)C(=O)C1OC. The first-order chi connectivity index (χ1) is 15.5. The van der Waals surface area contributed by atoms with Gasteiger partial charge in [-0.05, 0) is 30.5 Å². The number of nitrogens with zero attached hydrogens (tertiary/aromatic N) is 2. The number of carbonyl (C=O) groups excluding carboxylic acids is 1. The van der Waals surface area contributed by atoms with Gasteiger partial charge in [0.1, 0.15) is 11.9 Å². The summed E-state index contributed by atoms with van der Waals surface area (Å²) < 4.78 is 10.8. The van der Waals surface area contributed by atoms with Gasteiger partial charge in [-0.15, -0.1) is 0 Å². The summed E-state index contributed by atoms with van der Waals surface area (Å²) in [6.07, 6.45) is 5.01. The van der Waals surface area contributed by atoms with Crippen LogP contribution in [0.25, 0.3) is 0 Å². The van der Waals surface area contributed by atoms with Crippen molar-refractivity contribution < 1.29 is 14.3 Å². The molecular weight excluding hydrogens is 402 g/mol. The summed E-state index contributed by atoms with van der Waals surface area (Å²) in [7, 11) is 3.12. The van der Waals surface area contributed by atoms with E-state index in [4.69, 9.17) is 20.2 Å². The van der Waals surface area contributed by atoms with Crippen LogP contribution in [0.1, 0.15) is 48.9 Å². The fraction of sp³-hybridized carbons (Fsp3) is 0.462. The molecule has 2 unspecified atom stereocenters. The smallest absolute Gasteiger partial charge is 0.260 e. The van der Waals surface area contributed by atoms with Crippen molar-refractivity contribution in [2.75, 3.05) is 25.7 Å². The molecule has 2 aliphatic rings. The molecule has 0 spiro atoms. The number of carbonyl (C=O) groups is 1. The molecule has 2 fully saturated rings. The van der Waals surface area contributed by atoms with E-state index >= 15 is 0 Å². The van der Waals surface area contributed by atoms with Crippen LogP contribution in [0.4, 0.5) is 5.82 Å². The predicted molar refractivity (Wildman–Crippen MR) is 124 cm³/mol. The van der Waals surface area contributed by atoms with E-state index in [0.717, 1.165) is 42.5 Å². The van der Waals surface area contributed by atoms with Gasteiger partial charge >= 0.3 is 0 Å². The predicted octanol–water partition coefficient (Wildman–Crippen LogP) is 3.06. The van der Waals surface area contributed by atoms with Crippen LogP contribution in [0.15, 0.2) is 42.5 Å². The number of ether oxygens (including phenoxy) is 2. The van der Waals surface area contributed by atoms with Gasteiger partial charge in [-0.25, -0.2) is 4.98 Å². The fourth-order valence-corrected chi connectivity index (χ4v) is 4.51. The number of aromatic nitrogens is 1. The third-order valence-electron chi connectivity index (χ3n) is 6.41. The molecule has 4 rings (SSSR count). The third kappa shape index (κ3) is 4.86. The number of rotatable bonds is 5. The van der Waals surface area contributed by atoms with Gasteiger partial charge in [0.2, 0.25) is 0 Å². The second-order valence-corrected chi connectivity index (χ2v) is 8.67. The van der Waals surface area contributed by atoms with Crippen LogP contribution in [0.3, 0.4) is 0 Å². The average molecular weight is 434 g/mol. The Morgan fingerprint density at radius 2 is 1.84 bits per heavy atom. The van der Waals surface area contributed by atoms with E-state index in [2.05, 4.69) is 24.0 Å². The second kappa shape index (κ2) is 9.83. The summed E-state index contributed by atoms with van der Waals surface area (Å²) in [5.41, 5.74) is 8.94. The zero-order valence-electron chi connectivity index (χ0n) is 18.8. The van der Waals surface area contributed by atoms with Crippen molar-refractivity contribution in [1.82, 2.24) is 4.98 Å². The van der Waals surface area contributed by atoms with Gasteiger partial charge in [0.15, 0.2) is 6.10 Å². The van der Waals surface area contributed by atoms with Gasteiger partial charge in [-0.1, -0.05) is 61.4 Å². The Hall–Kier alpha value is -2.72. The van der Waals surface area contributed by atoms with Crippen molar-refractivity contribution in [2.45, 2.75) is 56.3 Å². The summed E-state index contributed by atoms with van der Waals surface area (Å²) in [5, 5.41) is 0. The quantitative estimate of drug-likeness (QED) is 0.734. The first-order valence-corrected chi connectivity index (χ1v) is 11.3. The highest BCUT2D eigenvalue weighted by atomic mass is 16.5. The number of hydrogen-bond acceptors (Lipinski definition) is 5. The summed E-state index contributed by atoms with van der Waals surface area (Å²) in [5.74, 6) is 7.11. The molecule has 0 bridgehead atoms. The minimum absolute atomic E-state index is 0.139. The molecule has 1 amide bonds. The number of amides is 1. The Morgan fingerprint density at radius 3 is 2.50 bits per heavy atom. The summed E-state index contributed by atoms with van der Waals surface area (Å²) >= 11 is 0. The molecule has 2 atom stereocenters. The van der Waals surface area contributed by atoms with Crippen molar-refractivity contribution in [1.29, 1.82) is 0 Å². The van der Waals surface area contributed by atoms with Gasteiger partial charge in [-0.3, -0.25) is 9.69 Å². The average Bonchev–Trinajstić information content (AvgIpc) is 3.14. The molecule has 2 aromatic rings. The van der Waals surface area contributed by atoms with Crippen LogP contribution in [0.2, 0.25) is 0 Å². The molecule has 1 aromatic carbocycles. The Kier molecular flexibility index (Phi) is 6.90. The topological polar surface area (TPSA) is 77.7 Å². The highest BCUT2D eigenvalue weighted by Crippen LogP contribution is 2.27. The Labute approximate surface area is 190 Å². The molecule has 2 N–H and O–H groups in total. The van der Waals surface area contributed by atoms with E-state index in [-0.39, 0.29) is 12.0 Å². The van der Waals surface area contributed by atoms with Crippen LogP contribution in [0.5, 0.6) is 0 Å². The van der Waals surface area contributed by atoms with E-state index < -0.39 is 11.6 Å². The van der Waals surface area contributed by atoms with Crippen LogP contribution in [-0.2, 0) is 20.7 Å². The van der Waals surface area contributed by atoms with Crippen LogP contribution in [-0.4, -0.2) is 49.4 Å². The van der Waals surface area contributed by atoms with E-state index in [1.807, 2.05) is 30.3 Å². The lowest BCUT2D eigenvalue weighted by atomic mass is 9.83. The molecule has 0 radical (unpaired) electrons. The number of anilines is 1. The molecule has 1 saturated carbocycles. The molecule has 6 nitrogen and oxygen atoms in total. The standard InChI is InChI=1S/C26H31N3O3/c1-31-22-18-29(25(30)24(22)32-2)23-12-11-20(13-16-26(27)14-7-4-8-15-26)21(28-23)17-19-9-5-3-6-10-19/h3,5-6,9-12,22,24H,4,7-8,14-15,17-18,27H2,1-2H3. The van der Waals surface area contributed by atoms with Gasteiger partial charge in [0, 0.05) is 26.2 Å². The largest absolute Gasteiger partial charge is 0.376 e. The lowest BCUT2D eigenvalue weighted by Gasteiger charge is -2.27. The van der Waals surface area contributed by atoms with E-state index in [1.165, 1.54) is 13.5 Å². The lowest BCUT2D eigenvalue weighted by Crippen LogP contribution is -2.40. The van der Waals surface area contributed by atoms with E-state index in [9.17, 15) is 4.79 Å². The summed E-state index contributed by atoms with van der Waals surface area (Å²) in [4.78, 5) is 19.4. The maximum atomic E-state index is 12.9. The van der Waals surface area contributed by atoms with Crippen LogP contribution >= 0.6 is 0 Å². The van der Waals surface area contributed by atoms with Crippen molar-refractivity contribution in [2.24, 2.45) is 5.73 Å². The maximum Gasteiger partial charge on any atom is 0.260 e. The summed E-state index contributed by atoms with van der Waals surface area (Å²) in [6, 6.07) is 14.0. The molecule has 2 heterocycles. The maximum absolute atomic E-state index is 12.9. The van der Waals surface area contributed by atoms with Gasteiger partial charge in [-0.2, -0.15) is 0 Å². The third-order valence-corrected chi connectivity index (χ3v) is 6.41. The van der Waals surface area contributed by atoms with E-state index in [0.29, 0.717) is 18.8 Å².